The van der Waals surface area contributed by atoms with Crippen LogP contribution in [0.5, 0.6) is 0 Å². The normalized spacial score (nSPS) is 13.5. The molecule has 0 bridgehead atoms. The summed E-state index contributed by atoms with van der Waals surface area (Å²) >= 11 is 1.64. The van der Waals surface area contributed by atoms with Crippen LogP contribution in [0, 0.1) is 6.92 Å². The molecule has 4 nitrogen and oxygen atoms in total. The summed E-state index contributed by atoms with van der Waals surface area (Å²) in [7, 11) is 0. The minimum Gasteiger partial charge on any atom is -0.357 e. The first kappa shape index (κ1) is 20.2. The highest BCUT2D eigenvalue weighted by molar-refractivity contribution is 7.11. The molecular weight excluding hydrogens is 361 g/mol. The molecule has 0 saturated heterocycles. The van der Waals surface area contributed by atoms with E-state index in [1.54, 1.807) is 17.4 Å². The first-order valence-corrected chi connectivity index (χ1v) is 9.24. The van der Waals surface area contributed by atoms with Gasteiger partial charge in [-0.2, -0.15) is 13.2 Å². The van der Waals surface area contributed by atoms with Crippen molar-refractivity contribution in [1.82, 2.24) is 15.6 Å². The van der Waals surface area contributed by atoms with Crippen molar-refractivity contribution in [2.24, 2.45) is 4.99 Å². The lowest BCUT2D eigenvalue weighted by Gasteiger charge is -2.19. The van der Waals surface area contributed by atoms with Crippen LogP contribution in [0.4, 0.5) is 13.2 Å². The predicted octanol–water partition coefficient (Wildman–Crippen LogP) is 4.33. The van der Waals surface area contributed by atoms with E-state index in [1.807, 2.05) is 27.0 Å². The molecule has 1 aromatic heterocycles. The molecular formula is C18H23F3N4S. The summed E-state index contributed by atoms with van der Waals surface area (Å²) in [5, 5.41) is 7.30. The van der Waals surface area contributed by atoms with Gasteiger partial charge < -0.3 is 10.6 Å². The van der Waals surface area contributed by atoms with Crippen LogP contribution in [0.25, 0.3) is 0 Å². The average molecular weight is 384 g/mol. The number of guanidine groups is 1. The minimum atomic E-state index is -4.35. The SMILES string of the molecule is CCNC(=NCCc1ncc(C)s1)NC(C)c1cccc(C(F)(F)F)c1. The van der Waals surface area contributed by atoms with E-state index in [0.29, 0.717) is 24.6 Å². The molecule has 1 aromatic carbocycles. The van der Waals surface area contributed by atoms with Gasteiger partial charge in [-0.1, -0.05) is 12.1 Å². The van der Waals surface area contributed by atoms with E-state index < -0.39 is 11.7 Å². The summed E-state index contributed by atoms with van der Waals surface area (Å²) in [6, 6.07) is 5.03. The zero-order chi connectivity index (χ0) is 19.2. The van der Waals surface area contributed by atoms with Gasteiger partial charge in [0.15, 0.2) is 5.96 Å². The Morgan fingerprint density at radius 2 is 2.12 bits per heavy atom. The molecule has 0 spiro atoms. The molecule has 1 heterocycles. The molecule has 0 aliphatic rings. The fourth-order valence-electron chi connectivity index (χ4n) is 2.37. The number of nitrogens with zero attached hydrogens (tertiary/aromatic N) is 2. The van der Waals surface area contributed by atoms with E-state index in [-0.39, 0.29) is 6.04 Å². The largest absolute Gasteiger partial charge is 0.416 e. The van der Waals surface area contributed by atoms with Crippen molar-refractivity contribution in [2.45, 2.75) is 39.4 Å². The summed E-state index contributed by atoms with van der Waals surface area (Å²) in [4.78, 5) is 9.95. The fourth-order valence-corrected chi connectivity index (χ4v) is 3.15. The zero-order valence-electron chi connectivity index (χ0n) is 15.0. The van der Waals surface area contributed by atoms with Gasteiger partial charge >= 0.3 is 6.18 Å². The standard InChI is InChI=1S/C18H23F3N4S/c1-4-22-17(23-9-8-16-24-11-12(2)26-16)25-13(3)14-6-5-7-15(10-14)18(19,20)21/h5-7,10-11,13H,4,8-9H2,1-3H3,(H2,22,23,25). The van der Waals surface area contributed by atoms with E-state index in [4.69, 9.17) is 0 Å². The van der Waals surface area contributed by atoms with Crippen molar-refractivity contribution in [1.29, 1.82) is 0 Å². The van der Waals surface area contributed by atoms with Crippen LogP contribution in [0.2, 0.25) is 0 Å². The molecule has 0 saturated carbocycles. The maximum absolute atomic E-state index is 12.9. The second-order valence-corrected chi connectivity index (χ2v) is 7.18. The molecule has 0 radical (unpaired) electrons. The molecule has 8 heteroatoms. The van der Waals surface area contributed by atoms with E-state index in [0.717, 1.165) is 22.4 Å². The molecule has 0 amide bonds. The third-order valence-electron chi connectivity index (χ3n) is 3.68. The number of aryl methyl sites for hydroxylation is 1. The third kappa shape index (κ3) is 6.01. The molecule has 2 aromatic rings. The van der Waals surface area contributed by atoms with E-state index in [9.17, 15) is 13.2 Å². The Kier molecular flexibility index (Phi) is 7.02. The first-order chi connectivity index (χ1) is 12.3. The number of halogens is 3. The zero-order valence-corrected chi connectivity index (χ0v) is 15.8. The van der Waals surface area contributed by atoms with Crippen LogP contribution in [0.3, 0.4) is 0 Å². The smallest absolute Gasteiger partial charge is 0.357 e. The van der Waals surface area contributed by atoms with Crippen molar-refractivity contribution in [2.75, 3.05) is 13.1 Å². The number of hydrogen-bond acceptors (Lipinski definition) is 3. The Morgan fingerprint density at radius 1 is 1.35 bits per heavy atom. The minimum absolute atomic E-state index is 0.308. The Hall–Kier alpha value is -2.09. The number of thiazole rings is 1. The topological polar surface area (TPSA) is 49.3 Å². The predicted molar refractivity (Wildman–Crippen MR) is 99.5 cm³/mol. The van der Waals surface area contributed by atoms with Crippen molar-refractivity contribution >= 4 is 17.3 Å². The Bertz CT molecular complexity index is 740. The lowest BCUT2D eigenvalue weighted by atomic mass is 10.1. The summed E-state index contributed by atoms with van der Waals surface area (Å²) in [6.07, 6.45) is -1.78. The number of aromatic nitrogens is 1. The van der Waals surface area contributed by atoms with Crippen LogP contribution in [0.1, 0.15) is 40.9 Å². The van der Waals surface area contributed by atoms with Crippen molar-refractivity contribution in [3.63, 3.8) is 0 Å². The molecule has 0 aliphatic heterocycles. The molecule has 1 unspecified atom stereocenters. The van der Waals surface area contributed by atoms with Crippen LogP contribution in [0.15, 0.2) is 35.5 Å². The van der Waals surface area contributed by atoms with E-state index >= 15 is 0 Å². The van der Waals surface area contributed by atoms with Crippen LogP contribution in [-0.2, 0) is 12.6 Å². The monoisotopic (exact) mass is 384 g/mol. The number of benzene rings is 1. The highest BCUT2D eigenvalue weighted by Crippen LogP contribution is 2.30. The van der Waals surface area contributed by atoms with Gasteiger partial charge in [0.1, 0.15) is 0 Å². The molecule has 1 atom stereocenters. The van der Waals surface area contributed by atoms with Crippen molar-refractivity contribution in [3.8, 4) is 0 Å². The van der Waals surface area contributed by atoms with Gasteiger partial charge in [0.25, 0.3) is 0 Å². The van der Waals surface area contributed by atoms with Crippen LogP contribution in [-0.4, -0.2) is 24.0 Å². The molecule has 2 N–H and O–H groups in total. The van der Waals surface area contributed by atoms with Crippen molar-refractivity contribution in [3.05, 3.63) is 51.5 Å². The Labute approximate surface area is 155 Å². The van der Waals surface area contributed by atoms with Gasteiger partial charge in [-0.3, -0.25) is 4.99 Å². The van der Waals surface area contributed by atoms with Gasteiger partial charge in [0.2, 0.25) is 0 Å². The highest BCUT2D eigenvalue weighted by atomic mass is 32.1. The Balaban J connectivity index is 2.02. The summed E-state index contributed by atoms with van der Waals surface area (Å²) in [5.74, 6) is 0.575. The van der Waals surface area contributed by atoms with Gasteiger partial charge in [-0.25, -0.2) is 4.98 Å². The lowest BCUT2D eigenvalue weighted by Crippen LogP contribution is -2.39. The second-order valence-electron chi connectivity index (χ2n) is 5.86. The Morgan fingerprint density at radius 3 is 2.73 bits per heavy atom. The fraction of sp³-hybridized carbons (Fsp3) is 0.444. The van der Waals surface area contributed by atoms with E-state index in [2.05, 4.69) is 20.6 Å². The number of nitrogens with one attached hydrogen (secondary N) is 2. The number of rotatable bonds is 6. The van der Waals surface area contributed by atoms with Gasteiger partial charge in [-0.05, 0) is 38.5 Å². The van der Waals surface area contributed by atoms with Gasteiger partial charge in [0, 0.05) is 30.6 Å². The lowest BCUT2D eigenvalue weighted by molar-refractivity contribution is -0.137. The number of hydrogen-bond donors (Lipinski definition) is 2. The van der Waals surface area contributed by atoms with Crippen LogP contribution >= 0.6 is 11.3 Å². The van der Waals surface area contributed by atoms with Crippen LogP contribution < -0.4 is 10.6 Å². The summed E-state index contributed by atoms with van der Waals surface area (Å²) in [5.41, 5.74) is -0.0919. The third-order valence-corrected chi connectivity index (χ3v) is 4.65. The maximum atomic E-state index is 12.9. The van der Waals surface area contributed by atoms with Crippen molar-refractivity contribution < 1.29 is 13.2 Å². The molecule has 0 fully saturated rings. The maximum Gasteiger partial charge on any atom is 0.416 e. The highest BCUT2D eigenvalue weighted by Gasteiger charge is 2.30. The molecule has 0 aliphatic carbocycles. The average Bonchev–Trinajstić information content (AvgIpc) is 2.99. The molecule has 26 heavy (non-hydrogen) atoms. The van der Waals surface area contributed by atoms with Gasteiger partial charge in [0.05, 0.1) is 16.6 Å². The quantitative estimate of drug-likeness (QED) is 0.576. The second kappa shape index (κ2) is 9.02. The number of aliphatic imine (C=N–C) groups is 1. The first-order valence-electron chi connectivity index (χ1n) is 8.43. The van der Waals surface area contributed by atoms with Gasteiger partial charge in [-0.15, -0.1) is 11.3 Å². The van der Waals surface area contributed by atoms with E-state index in [1.165, 1.54) is 12.1 Å². The summed E-state index contributed by atoms with van der Waals surface area (Å²) in [6.45, 7) is 6.98. The summed E-state index contributed by atoms with van der Waals surface area (Å²) < 4.78 is 38.6. The molecule has 142 valence electrons. The molecule has 2 rings (SSSR count). The number of alkyl halides is 3.